The highest BCUT2D eigenvalue weighted by Crippen LogP contribution is 2.45. The molecule has 3 rings (SSSR count). The van der Waals surface area contributed by atoms with Crippen LogP contribution in [0.1, 0.15) is 67.6 Å². The lowest BCUT2D eigenvalue weighted by molar-refractivity contribution is 0.0844. The molecule has 0 fully saturated rings. The molecule has 0 saturated heterocycles. The number of fused-ring (bicyclic) bond motifs is 1. The van der Waals surface area contributed by atoms with Gasteiger partial charge in [-0.25, -0.2) is 0 Å². The summed E-state index contributed by atoms with van der Waals surface area (Å²) in [6.07, 6.45) is 5.46. The van der Waals surface area contributed by atoms with Gasteiger partial charge >= 0.3 is 0 Å². The van der Waals surface area contributed by atoms with E-state index in [1.54, 1.807) is 6.07 Å². The highest BCUT2D eigenvalue weighted by molar-refractivity contribution is 6.03. The first-order valence-electron chi connectivity index (χ1n) is 10.3. The quantitative estimate of drug-likeness (QED) is 0.363. The topological polar surface area (TPSA) is 107 Å². The summed E-state index contributed by atoms with van der Waals surface area (Å²) in [5.74, 6) is -1.21. The summed E-state index contributed by atoms with van der Waals surface area (Å²) < 4.78 is 5.85. The molecule has 1 aliphatic heterocycles. The lowest BCUT2D eigenvalue weighted by atomic mass is 9.92. The molecule has 0 saturated carbocycles. The van der Waals surface area contributed by atoms with Crippen LogP contribution in [0.15, 0.2) is 47.6 Å². The fraction of sp³-hybridized carbons (Fsp3) is 0.320. The molecule has 4 N–H and O–H groups in total. The summed E-state index contributed by atoms with van der Waals surface area (Å²) in [6, 6.07) is 5.55. The summed E-state index contributed by atoms with van der Waals surface area (Å²) >= 11 is 0. The number of benzene rings is 2. The zero-order chi connectivity index (χ0) is 22.7. The lowest BCUT2D eigenvalue weighted by Gasteiger charge is -2.27. The Bertz CT molecular complexity index is 1060. The highest BCUT2D eigenvalue weighted by atomic mass is 16.5. The largest absolute Gasteiger partial charge is 0.507 e. The van der Waals surface area contributed by atoms with E-state index in [4.69, 9.17) is 4.74 Å². The van der Waals surface area contributed by atoms with Gasteiger partial charge in [-0.15, -0.1) is 0 Å². The first kappa shape index (κ1) is 22.3. The van der Waals surface area contributed by atoms with Crippen LogP contribution in [0.4, 0.5) is 0 Å². The Labute approximate surface area is 181 Å². The maximum absolute atomic E-state index is 12.8. The van der Waals surface area contributed by atoms with E-state index in [9.17, 15) is 25.2 Å². The van der Waals surface area contributed by atoms with Crippen LogP contribution < -0.4 is 4.74 Å². The number of carbonyl (C=O) groups is 1. The molecule has 2 aromatic carbocycles. The predicted molar refractivity (Wildman–Crippen MR) is 118 cm³/mol. The lowest BCUT2D eigenvalue weighted by Crippen LogP contribution is -2.21. The molecule has 2 aromatic rings. The van der Waals surface area contributed by atoms with Gasteiger partial charge in [0.2, 0.25) is 0 Å². The summed E-state index contributed by atoms with van der Waals surface area (Å²) in [4.78, 5) is 12.8. The molecule has 6 nitrogen and oxygen atoms in total. The van der Waals surface area contributed by atoms with Gasteiger partial charge in [0.05, 0.1) is 6.42 Å². The Morgan fingerprint density at radius 2 is 1.77 bits per heavy atom. The Hall–Kier alpha value is -3.41. The third-order valence-corrected chi connectivity index (χ3v) is 5.38. The molecule has 0 amide bonds. The maximum Gasteiger partial charge on any atom is 0.174 e. The van der Waals surface area contributed by atoms with Gasteiger partial charge < -0.3 is 25.2 Å². The number of hydrogen-bond donors (Lipinski definition) is 4. The molecule has 1 atom stereocenters. The predicted octanol–water partition coefficient (Wildman–Crippen LogP) is 5.45. The van der Waals surface area contributed by atoms with Crippen molar-refractivity contribution in [3.63, 3.8) is 0 Å². The van der Waals surface area contributed by atoms with Crippen molar-refractivity contribution in [3.8, 4) is 28.7 Å². The van der Waals surface area contributed by atoms with Crippen LogP contribution in [0.25, 0.3) is 0 Å². The summed E-state index contributed by atoms with van der Waals surface area (Å²) in [6.45, 7) is 6.10. The second-order valence-corrected chi connectivity index (χ2v) is 8.15. The number of rotatable bonds is 6. The van der Waals surface area contributed by atoms with E-state index in [1.165, 1.54) is 23.8 Å². The Morgan fingerprint density at radius 1 is 1.03 bits per heavy atom. The van der Waals surface area contributed by atoms with Gasteiger partial charge in [-0.3, -0.25) is 4.79 Å². The standard InChI is InChI=1S/C25H28O6/c1-14(2)5-4-6-15(3)7-9-17-19(27)12-23-24(25(17)30)21(29)13-22(31-23)16-8-10-18(26)20(28)11-16/h5,7-8,10-12,22,26-28,30H,4,6,9,13H2,1-3H3/b15-7+/t22-/m0/s1. The molecule has 0 spiro atoms. The maximum atomic E-state index is 12.8. The number of aromatic hydroxyl groups is 4. The van der Waals surface area contributed by atoms with E-state index in [-0.39, 0.29) is 52.1 Å². The second kappa shape index (κ2) is 9.16. The van der Waals surface area contributed by atoms with E-state index in [0.717, 1.165) is 18.4 Å². The van der Waals surface area contributed by atoms with Crippen LogP contribution in [-0.2, 0) is 6.42 Å². The van der Waals surface area contributed by atoms with Gasteiger partial charge in [-0.2, -0.15) is 0 Å². The van der Waals surface area contributed by atoms with Gasteiger partial charge in [-0.05, 0) is 57.7 Å². The van der Waals surface area contributed by atoms with Gasteiger partial charge in [0.25, 0.3) is 0 Å². The zero-order valence-electron chi connectivity index (χ0n) is 18.0. The van der Waals surface area contributed by atoms with E-state index in [2.05, 4.69) is 19.9 Å². The Balaban J connectivity index is 1.84. The van der Waals surface area contributed by atoms with Crippen molar-refractivity contribution >= 4 is 5.78 Å². The number of ether oxygens (including phenoxy) is 1. The molecule has 1 aliphatic rings. The van der Waals surface area contributed by atoms with Crippen molar-refractivity contribution in [1.82, 2.24) is 0 Å². The van der Waals surface area contributed by atoms with Gasteiger partial charge in [0.15, 0.2) is 17.3 Å². The second-order valence-electron chi connectivity index (χ2n) is 8.15. The van der Waals surface area contributed by atoms with E-state index in [1.807, 2.05) is 13.0 Å². The highest BCUT2D eigenvalue weighted by Gasteiger charge is 2.32. The molecule has 0 radical (unpaired) electrons. The SMILES string of the molecule is CC(C)=CCC/C(C)=C/Cc1c(O)cc2c(c1O)C(=O)C[C@@H](c1ccc(O)c(O)c1)O2. The molecule has 164 valence electrons. The van der Waals surface area contributed by atoms with Crippen LogP contribution in [-0.4, -0.2) is 26.2 Å². The van der Waals surface area contributed by atoms with Crippen molar-refractivity contribution in [2.75, 3.05) is 0 Å². The van der Waals surface area contributed by atoms with Gasteiger partial charge in [0.1, 0.15) is 28.9 Å². The fourth-order valence-corrected chi connectivity index (χ4v) is 3.59. The van der Waals surface area contributed by atoms with E-state index >= 15 is 0 Å². The number of phenolic OH excluding ortho intramolecular Hbond substituents is 4. The molecule has 0 aromatic heterocycles. The number of ketones is 1. The Kier molecular flexibility index (Phi) is 6.59. The third-order valence-electron chi connectivity index (χ3n) is 5.38. The van der Waals surface area contributed by atoms with Crippen molar-refractivity contribution in [1.29, 1.82) is 0 Å². The van der Waals surface area contributed by atoms with Gasteiger partial charge in [0, 0.05) is 11.6 Å². The average Bonchev–Trinajstić information content (AvgIpc) is 2.68. The molecule has 0 bridgehead atoms. The van der Waals surface area contributed by atoms with E-state index < -0.39 is 6.10 Å². The number of phenols is 4. The average molecular weight is 424 g/mol. The molecule has 1 heterocycles. The molecule has 6 heteroatoms. The molecule has 0 aliphatic carbocycles. The van der Waals surface area contributed by atoms with Crippen molar-refractivity contribution in [3.05, 3.63) is 64.3 Å². The van der Waals surface area contributed by atoms with Crippen molar-refractivity contribution in [2.24, 2.45) is 0 Å². The zero-order valence-corrected chi connectivity index (χ0v) is 18.0. The smallest absolute Gasteiger partial charge is 0.174 e. The minimum absolute atomic E-state index is 0.0352. The monoisotopic (exact) mass is 424 g/mol. The fourth-order valence-electron chi connectivity index (χ4n) is 3.59. The molecule has 0 unspecified atom stereocenters. The minimum atomic E-state index is -0.701. The molecular weight excluding hydrogens is 396 g/mol. The minimum Gasteiger partial charge on any atom is -0.507 e. The normalized spacial score (nSPS) is 15.9. The number of hydrogen-bond acceptors (Lipinski definition) is 6. The Morgan fingerprint density at radius 3 is 2.45 bits per heavy atom. The first-order valence-corrected chi connectivity index (χ1v) is 10.3. The number of carbonyl (C=O) groups excluding carboxylic acids is 1. The molecule has 31 heavy (non-hydrogen) atoms. The molecular formula is C25H28O6. The van der Waals surface area contributed by atoms with E-state index in [0.29, 0.717) is 12.0 Å². The van der Waals surface area contributed by atoms with Crippen LogP contribution in [0, 0.1) is 0 Å². The summed E-state index contributed by atoms with van der Waals surface area (Å²) in [5, 5.41) is 40.4. The summed E-state index contributed by atoms with van der Waals surface area (Å²) in [5.41, 5.74) is 3.24. The van der Waals surface area contributed by atoms with Crippen LogP contribution >= 0.6 is 0 Å². The first-order chi connectivity index (χ1) is 14.7. The van der Waals surface area contributed by atoms with Crippen LogP contribution in [0.3, 0.4) is 0 Å². The van der Waals surface area contributed by atoms with Crippen molar-refractivity contribution < 1.29 is 30.0 Å². The summed E-state index contributed by atoms with van der Waals surface area (Å²) in [7, 11) is 0. The van der Waals surface area contributed by atoms with Crippen LogP contribution in [0.5, 0.6) is 28.7 Å². The van der Waals surface area contributed by atoms with Crippen LogP contribution in [0.2, 0.25) is 0 Å². The number of allylic oxidation sites excluding steroid dienone is 4. The number of Topliss-reactive ketones (excluding diaryl/α,β-unsaturated/α-hetero) is 1. The van der Waals surface area contributed by atoms with Gasteiger partial charge in [-0.1, -0.05) is 29.4 Å². The third kappa shape index (κ3) is 5.02. The van der Waals surface area contributed by atoms with Crippen molar-refractivity contribution in [2.45, 2.75) is 52.6 Å².